The van der Waals surface area contributed by atoms with Crippen molar-refractivity contribution in [3.63, 3.8) is 0 Å². The number of nitrogens with one attached hydrogen (secondary N) is 1. The quantitative estimate of drug-likeness (QED) is 0.937. The third-order valence-electron chi connectivity index (χ3n) is 4.08. The maximum Gasteiger partial charge on any atom is 0.127 e. The lowest BCUT2D eigenvalue weighted by atomic mass is 10.0. The molecule has 0 bridgehead atoms. The van der Waals surface area contributed by atoms with Crippen LogP contribution < -0.4 is 10.1 Å². The summed E-state index contributed by atoms with van der Waals surface area (Å²) in [4.78, 5) is 0. The number of hydrogen-bond acceptors (Lipinski definition) is 3. The van der Waals surface area contributed by atoms with Gasteiger partial charge in [0.1, 0.15) is 11.6 Å². The molecule has 0 amide bonds. The second-order valence-corrected chi connectivity index (χ2v) is 5.50. The van der Waals surface area contributed by atoms with Crippen molar-refractivity contribution < 1.29 is 4.74 Å². The molecule has 112 valence electrons. The first-order chi connectivity index (χ1) is 10.3. The fraction of sp³-hybridized carbons (Fsp3) is 0.471. The van der Waals surface area contributed by atoms with Crippen molar-refractivity contribution in [2.75, 3.05) is 19.0 Å². The van der Waals surface area contributed by atoms with Crippen LogP contribution in [0.2, 0.25) is 0 Å². The van der Waals surface area contributed by atoms with E-state index in [4.69, 9.17) is 9.84 Å². The minimum Gasteiger partial charge on any atom is -0.497 e. The molecule has 1 aromatic carbocycles. The summed E-state index contributed by atoms with van der Waals surface area (Å²) >= 11 is 0. The molecule has 0 fully saturated rings. The van der Waals surface area contributed by atoms with E-state index in [1.807, 2.05) is 12.1 Å². The molecular weight excluding hydrogens is 262 g/mol. The Hall–Kier alpha value is -1.97. The van der Waals surface area contributed by atoms with Gasteiger partial charge in [0, 0.05) is 25.1 Å². The SMILES string of the molecule is CCn1nc(Cc2cccc(OC)c2)c2c1NCCCC2. The van der Waals surface area contributed by atoms with Gasteiger partial charge in [0.15, 0.2) is 0 Å². The summed E-state index contributed by atoms with van der Waals surface area (Å²) in [5.74, 6) is 2.14. The van der Waals surface area contributed by atoms with Gasteiger partial charge in [-0.3, -0.25) is 0 Å². The molecule has 0 spiro atoms. The van der Waals surface area contributed by atoms with E-state index >= 15 is 0 Å². The highest BCUT2D eigenvalue weighted by molar-refractivity contribution is 5.50. The normalized spacial score (nSPS) is 14.2. The van der Waals surface area contributed by atoms with Crippen LogP contribution in [0.15, 0.2) is 24.3 Å². The molecule has 0 unspecified atom stereocenters. The van der Waals surface area contributed by atoms with Gasteiger partial charge in [0.2, 0.25) is 0 Å². The lowest BCUT2D eigenvalue weighted by Gasteiger charge is -2.06. The molecule has 0 atom stereocenters. The van der Waals surface area contributed by atoms with Gasteiger partial charge in [-0.2, -0.15) is 5.10 Å². The monoisotopic (exact) mass is 285 g/mol. The minimum absolute atomic E-state index is 0.869. The van der Waals surface area contributed by atoms with Crippen LogP contribution in [0.25, 0.3) is 0 Å². The van der Waals surface area contributed by atoms with Crippen LogP contribution in [-0.2, 0) is 19.4 Å². The highest BCUT2D eigenvalue weighted by Gasteiger charge is 2.19. The Morgan fingerprint density at radius 3 is 3.05 bits per heavy atom. The number of aromatic nitrogens is 2. The van der Waals surface area contributed by atoms with Crippen LogP contribution in [0, 0.1) is 0 Å². The molecule has 2 heterocycles. The molecule has 4 heteroatoms. The zero-order valence-corrected chi connectivity index (χ0v) is 12.9. The smallest absolute Gasteiger partial charge is 0.127 e. The van der Waals surface area contributed by atoms with Crippen LogP contribution >= 0.6 is 0 Å². The molecule has 0 aliphatic carbocycles. The van der Waals surface area contributed by atoms with Gasteiger partial charge in [0.05, 0.1) is 12.8 Å². The molecule has 1 aliphatic rings. The molecule has 1 aromatic heterocycles. The maximum absolute atomic E-state index is 5.31. The topological polar surface area (TPSA) is 39.1 Å². The molecule has 21 heavy (non-hydrogen) atoms. The van der Waals surface area contributed by atoms with Crippen LogP contribution in [0.5, 0.6) is 5.75 Å². The third-order valence-corrected chi connectivity index (χ3v) is 4.08. The number of fused-ring (bicyclic) bond motifs is 1. The minimum atomic E-state index is 0.869. The molecule has 0 saturated heterocycles. The summed E-state index contributed by atoms with van der Waals surface area (Å²) in [5, 5.41) is 8.37. The second-order valence-electron chi connectivity index (χ2n) is 5.50. The van der Waals surface area contributed by atoms with E-state index in [1.54, 1.807) is 7.11 Å². The standard InChI is InChI=1S/C17H23N3O/c1-3-20-17-15(9-4-5-10-18-17)16(19-20)12-13-7-6-8-14(11-13)21-2/h6-8,11,18H,3-5,9-10,12H2,1-2H3. The van der Waals surface area contributed by atoms with Crippen LogP contribution in [0.4, 0.5) is 5.82 Å². The Morgan fingerprint density at radius 2 is 2.24 bits per heavy atom. The van der Waals surface area contributed by atoms with E-state index in [0.717, 1.165) is 31.7 Å². The first-order valence-corrected chi connectivity index (χ1v) is 7.77. The summed E-state index contributed by atoms with van der Waals surface area (Å²) < 4.78 is 7.42. The van der Waals surface area contributed by atoms with Crippen molar-refractivity contribution in [2.24, 2.45) is 0 Å². The van der Waals surface area contributed by atoms with Gasteiger partial charge in [0.25, 0.3) is 0 Å². The Morgan fingerprint density at radius 1 is 1.33 bits per heavy atom. The molecule has 0 radical (unpaired) electrons. The summed E-state index contributed by atoms with van der Waals surface area (Å²) in [6.07, 6.45) is 4.47. The number of ether oxygens (including phenoxy) is 1. The number of nitrogens with zero attached hydrogens (tertiary/aromatic N) is 2. The Balaban J connectivity index is 1.92. The average Bonchev–Trinajstić information content (AvgIpc) is 2.70. The first kappa shape index (κ1) is 14.0. The van der Waals surface area contributed by atoms with Crippen LogP contribution in [0.3, 0.4) is 0 Å². The number of anilines is 1. The third kappa shape index (κ3) is 2.89. The number of benzene rings is 1. The van der Waals surface area contributed by atoms with Crippen molar-refractivity contribution >= 4 is 5.82 Å². The van der Waals surface area contributed by atoms with Gasteiger partial charge in [-0.1, -0.05) is 12.1 Å². The lowest BCUT2D eigenvalue weighted by Crippen LogP contribution is -2.07. The summed E-state index contributed by atoms with van der Waals surface area (Å²) in [5.41, 5.74) is 3.86. The highest BCUT2D eigenvalue weighted by Crippen LogP contribution is 2.27. The van der Waals surface area contributed by atoms with Gasteiger partial charge in [-0.25, -0.2) is 4.68 Å². The molecule has 2 aromatic rings. The predicted molar refractivity (Wildman–Crippen MR) is 85.1 cm³/mol. The molecular formula is C17H23N3O. The van der Waals surface area contributed by atoms with E-state index in [2.05, 4.69) is 29.1 Å². The van der Waals surface area contributed by atoms with Gasteiger partial charge >= 0.3 is 0 Å². The fourth-order valence-corrected chi connectivity index (χ4v) is 2.99. The summed E-state index contributed by atoms with van der Waals surface area (Å²) in [7, 11) is 1.71. The Labute approximate surface area is 126 Å². The molecule has 0 saturated carbocycles. The Bertz CT molecular complexity index is 618. The molecule has 1 aliphatic heterocycles. The molecule has 3 rings (SSSR count). The van der Waals surface area contributed by atoms with Crippen molar-refractivity contribution in [2.45, 2.75) is 39.2 Å². The first-order valence-electron chi connectivity index (χ1n) is 7.77. The number of hydrogen-bond donors (Lipinski definition) is 1. The Kier molecular flexibility index (Phi) is 4.13. The lowest BCUT2D eigenvalue weighted by molar-refractivity contribution is 0.414. The fourth-order valence-electron chi connectivity index (χ4n) is 2.99. The second kappa shape index (κ2) is 6.20. The van der Waals surface area contributed by atoms with Gasteiger partial charge in [-0.15, -0.1) is 0 Å². The van der Waals surface area contributed by atoms with E-state index < -0.39 is 0 Å². The van der Waals surface area contributed by atoms with E-state index in [0.29, 0.717) is 0 Å². The number of rotatable bonds is 4. The summed E-state index contributed by atoms with van der Waals surface area (Å²) in [6, 6.07) is 8.27. The van der Waals surface area contributed by atoms with E-state index in [-0.39, 0.29) is 0 Å². The maximum atomic E-state index is 5.31. The number of aryl methyl sites for hydroxylation is 1. The van der Waals surface area contributed by atoms with E-state index in [1.165, 1.54) is 35.5 Å². The van der Waals surface area contributed by atoms with Crippen LogP contribution in [-0.4, -0.2) is 23.4 Å². The van der Waals surface area contributed by atoms with E-state index in [9.17, 15) is 0 Å². The van der Waals surface area contributed by atoms with Crippen LogP contribution in [0.1, 0.15) is 36.6 Å². The van der Waals surface area contributed by atoms with Crippen molar-refractivity contribution in [3.05, 3.63) is 41.1 Å². The zero-order valence-electron chi connectivity index (χ0n) is 12.9. The predicted octanol–water partition coefficient (Wildman–Crippen LogP) is 3.25. The molecule has 4 nitrogen and oxygen atoms in total. The number of methoxy groups -OCH3 is 1. The van der Waals surface area contributed by atoms with Crippen molar-refractivity contribution in [3.8, 4) is 5.75 Å². The van der Waals surface area contributed by atoms with Crippen molar-refractivity contribution in [1.29, 1.82) is 0 Å². The van der Waals surface area contributed by atoms with Gasteiger partial charge in [-0.05, 0) is 43.9 Å². The van der Waals surface area contributed by atoms with Gasteiger partial charge < -0.3 is 10.1 Å². The largest absolute Gasteiger partial charge is 0.497 e. The highest BCUT2D eigenvalue weighted by atomic mass is 16.5. The average molecular weight is 285 g/mol. The van der Waals surface area contributed by atoms with Crippen molar-refractivity contribution in [1.82, 2.24) is 9.78 Å². The summed E-state index contributed by atoms with van der Waals surface area (Å²) in [6.45, 7) is 4.11. The zero-order chi connectivity index (χ0) is 14.7. The molecule has 1 N–H and O–H groups in total.